The lowest BCUT2D eigenvalue weighted by Crippen LogP contribution is -2.34. The summed E-state index contributed by atoms with van der Waals surface area (Å²) in [4.78, 5) is 4.38. The van der Waals surface area contributed by atoms with Gasteiger partial charge in [-0.1, -0.05) is 39.8 Å². The predicted molar refractivity (Wildman–Crippen MR) is 83.4 cm³/mol. The van der Waals surface area contributed by atoms with Gasteiger partial charge in [-0.15, -0.1) is 0 Å². The Morgan fingerprint density at radius 2 is 1.90 bits per heavy atom. The van der Waals surface area contributed by atoms with Gasteiger partial charge in [-0.2, -0.15) is 0 Å². The van der Waals surface area contributed by atoms with Crippen LogP contribution in [0.3, 0.4) is 0 Å². The van der Waals surface area contributed by atoms with Crippen molar-refractivity contribution in [2.75, 3.05) is 13.1 Å². The molecule has 0 bridgehead atoms. The summed E-state index contributed by atoms with van der Waals surface area (Å²) < 4.78 is 12.9. The van der Waals surface area contributed by atoms with Crippen LogP contribution in [0.1, 0.15) is 39.7 Å². The van der Waals surface area contributed by atoms with Gasteiger partial charge in [-0.25, -0.2) is 4.39 Å². The van der Waals surface area contributed by atoms with Gasteiger partial charge in [0, 0.05) is 12.0 Å². The Labute approximate surface area is 121 Å². The van der Waals surface area contributed by atoms with Crippen LogP contribution in [0.4, 0.5) is 4.39 Å². The van der Waals surface area contributed by atoms with Crippen molar-refractivity contribution in [3.8, 4) is 0 Å². The first-order valence-corrected chi connectivity index (χ1v) is 7.11. The fraction of sp³-hybridized carbons (Fsp3) is 0.562. The number of nitrogens with one attached hydrogen (secondary N) is 1. The summed E-state index contributed by atoms with van der Waals surface area (Å²) in [6.45, 7) is 9.90. The predicted octanol–water partition coefficient (Wildman–Crippen LogP) is 3.05. The standard InChI is InChI=1S/C16H26FN3/c1-12(2)9-10-19-15(18)20-11-16(3,4)13-5-7-14(17)8-6-13/h5-8,12H,9-11H2,1-4H3,(H3,18,19,20). The number of hydrogen-bond donors (Lipinski definition) is 2. The smallest absolute Gasteiger partial charge is 0.188 e. The molecule has 3 N–H and O–H groups in total. The van der Waals surface area contributed by atoms with Crippen molar-refractivity contribution in [3.63, 3.8) is 0 Å². The molecule has 0 amide bonds. The van der Waals surface area contributed by atoms with Crippen LogP contribution in [-0.2, 0) is 5.41 Å². The molecule has 0 saturated heterocycles. The number of hydrogen-bond acceptors (Lipinski definition) is 1. The highest BCUT2D eigenvalue weighted by molar-refractivity contribution is 5.77. The topological polar surface area (TPSA) is 50.4 Å². The largest absolute Gasteiger partial charge is 0.370 e. The number of benzene rings is 1. The second-order valence-corrected chi connectivity index (χ2v) is 6.20. The first kappa shape index (κ1) is 16.5. The molecule has 0 fully saturated rings. The Kier molecular flexibility index (Phi) is 5.99. The van der Waals surface area contributed by atoms with E-state index in [9.17, 15) is 4.39 Å². The van der Waals surface area contributed by atoms with Crippen LogP contribution in [0.2, 0.25) is 0 Å². The van der Waals surface area contributed by atoms with E-state index in [4.69, 9.17) is 5.73 Å². The fourth-order valence-corrected chi connectivity index (χ4v) is 1.82. The molecule has 112 valence electrons. The molecule has 0 heterocycles. The minimum absolute atomic E-state index is 0.169. The highest BCUT2D eigenvalue weighted by Gasteiger charge is 2.20. The van der Waals surface area contributed by atoms with E-state index >= 15 is 0 Å². The van der Waals surface area contributed by atoms with Gasteiger partial charge >= 0.3 is 0 Å². The third-order valence-corrected chi connectivity index (χ3v) is 3.30. The van der Waals surface area contributed by atoms with Crippen molar-refractivity contribution in [3.05, 3.63) is 35.6 Å². The van der Waals surface area contributed by atoms with E-state index in [1.54, 1.807) is 12.1 Å². The molecule has 20 heavy (non-hydrogen) atoms. The number of rotatable bonds is 6. The number of halogens is 1. The second-order valence-electron chi connectivity index (χ2n) is 6.20. The molecule has 4 heteroatoms. The molecule has 1 aromatic carbocycles. The van der Waals surface area contributed by atoms with E-state index in [1.165, 1.54) is 12.1 Å². The van der Waals surface area contributed by atoms with Crippen molar-refractivity contribution in [2.24, 2.45) is 16.6 Å². The summed E-state index contributed by atoms with van der Waals surface area (Å²) in [5, 5.41) is 3.11. The van der Waals surface area contributed by atoms with Crippen molar-refractivity contribution in [2.45, 2.75) is 39.5 Å². The molecule has 1 aromatic rings. The maximum absolute atomic E-state index is 12.9. The Balaban J connectivity index is 2.55. The molecule has 0 spiro atoms. The monoisotopic (exact) mass is 279 g/mol. The maximum atomic E-state index is 12.9. The van der Waals surface area contributed by atoms with E-state index in [0.29, 0.717) is 18.4 Å². The van der Waals surface area contributed by atoms with E-state index in [0.717, 1.165) is 18.5 Å². The Hall–Kier alpha value is -1.58. The Bertz CT molecular complexity index is 436. The van der Waals surface area contributed by atoms with Gasteiger partial charge in [-0.05, 0) is 30.0 Å². The first-order chi connectivity index (χ1) is 9.31. The van der Waals surface area contributed by atoms with Gasteiger partial charge in [0.2, 0.25) is 0 Å². The SMILES string of the molecule is CC(C)CCNC(N)=NCC(C)(C)c1ccc(F)cc1. The molecule has 0 aliphatic heterocycles. The quantitative estimate of drug-likeness (QED) is 0.621. The zero-order valence-corrected chi connectivity index (χ0v) is 12.9. The highest BCUT2D eigenvalue weighted by atomic mass is 19.1. The first-order valence-electron chi connectivity index (χ1n) is 7.11. The summed E-state index contributed by atoms with van der Waals surface area (Å²) in [6, 6.07) is 6.55. The zero-order valence-electron chi connectivity index (χ0n) is 12.9. The summed E-state index contributed by atoms with van der Waals surface area (Å²) in [7, 11) is 0. The van der Waals surface area contributed by atoms with Gasteiger partial charge in [0.15, 0.2) is 5.96 Å². The maximum Gasteiger partial charge on any atom is 0.188 e. The van der Waals surface area contributed by atoms with Crippen LogP contribution in [0.5, 0.6) is 0 Å². The lowest BCUT2D eigenvalue weighted by Gasteiger charge is -2.23. The molecule has 0 aromatic heterocycles. The lowest BCUT2D eigenvalue weighted by molar-refractivity contribution is 0.534. The molecule has 3 nitrogen and oxygen atoms in total. The van der Waals surface area contributed by atoms with E-state index in [1.807, 2.05) is 0 Å². The molecule has 0 aliphatic carbocycles. The number of aliphatic imine (C=N–C) groups is 1. The summed E-state index contributed by atoms with van der Waals surface area (Å²) in [5.41, 5.74) is 6.73. The average molecular weight is 279 g/mol. The minimum atomic E-state index is -0.220. The van der Waals surface area contributed by atoms with Gasteiger partial charge in [-0.3, -0.25) is 4.99 Å². The molecular formula is C16H26FN3. The Morgan fingerprint density at radius 3 is 2.45 bits per heavy atom. The summed E-state index contributed by atoms with van der Waals surface area (Å²) >= 11 is 0. The van der Waals surface area contributed by atoms with Gasteiger partial charge in [0.05, 0.1) is 6.54 Å². The third kappa shape index (κ3) is 5.59. The molecule has 0 radical (unpaired) electrons. The molecular weight excluding hydrogens is 253 g/mol. The van der Waals surface area contributed by atoms with Gasteiger partial charge in [0.25, 0.3) is 0 Å². The van der Waals surface area contributed by atoms with Crippen molar-refractivity contribution in [1.82, 2.24) is 5.32 Å². The van der Waals surface area contributed by atoms with Crippen LogP contribution in [0.25, 0.3) is 0 Å². The number of nitrogens with two attached hydrogens (primary N) is 1. The molecule has 0 saturated carbocycles. The third-order valence-electron chi connectivity index (χ3n) is 3.30. The highest BCUT2D eigenvalue weighted by Crippen LogP contribution is 2.23. The summed E-state index contributed by atoms with van der Waals surface area (Å²) in [5.74, 6) is 0.898. The zero-order chi connectivity index (χ0) is 15.2. The van der Waals surface area contributed by atoms with Gasteiger partial charge < -0.3 is 11.1 Å². The average Bonchev–Trinajstić information content (AvgIpc) is 2.36. The molecule has 0 unspecified atom stereocenters. The van der Waals surface area contributed by atoms with Gasteiger partial charge in [0.1, 0.15) is 5.82 Å². The van der Waals surface area contributed by atoms with Crippen molar-refractivity contribution < 1.29 is 4.39 Å². The number of nitrogens with zero attached hydrogens (tertiary/aromatic N) is 1. The fourth-order valence-electron chi connectivity index (χ4n) is 1.82. The van der Waals surface area contributed by atoms with Crippen LogP contribution in [0, 0.1) is 11.7 Å². The molecule has 0 aliphatic rings. The normalized spacial score (nSPS) is 12.8. The second kappa shape index (κ2) is 7.27. The molecule has 0 atom stereocenters. The van der Waals surface area contributed by atoms with Crippen LogP contribution in [0.15, 0.2) is 29.3 Å². The van der Waals surface area contributed by atoms with Crippen molar-refractivity contribution in [1.29, 1.82) is 0 Å². The van der Waals surface area contributed by atoms with E-state index in [-0.39, 0.29) is 11.2 Å². The van der Waals surface area contributed by atoms with E-state index in [2.05, 4.69) is 38.0 Å². The lowest BCUT2D eigenvalue weighted by atomic mass is 9.85. The Morgan fingerprint density at radius 1 is 1.30 bits per heavy atom. The van der Waals surface area contributed by atoms with Crippen LogP contribution in [-0.4, -0.2) is 19.0 Å². The number of guanidine groups is 1. The van der Waals surface area contributed by atoms with Crippen LogP contribution < -0.4 is 11.1 Å². The molecule has 1 rings (SSSR count). The van der Waals surface area contributed by atoms with Crippen LogP contribution >= 0.6 is 0 Å². The van der Waals surface area contributed by atoms with E-state index < -0.39 is 0 Å². The van der Waals surface area contributed by atoms with Crippen molar-refractivity contribution >= 4 is 5.96 Å². The summed E-state index contributed by atoms with van der Waals surface area (Å²) in [6.07, 6.45) is 1.07. The minimum Gasteiger partial charge on any atom is -0.370 e.